The van der Waals surface area contributed by atoms with E-state index in [0.29, 0.717) is 32.0 Å². The molecule has 1 aliphatic heterocycles. The summed E-state index contributed by atoms with van der Waals surface area (Å²) in [6.45, 7) is 4.36. The van der Waals surface area contributed by atoms with Crippen LogP contribution in [-0.4, -0.2) is 60.0 Å². The van der Waals surface area contributed by atoms with Crippen LogP contribution in [0.25, 0.3) is 5.69 Å². The monoisotopic (exact) mass is 442 g/mol. The highest BCUT2D eigenvalue weighted by atomic mass is 19.1. The molecule has 0 saturated carbocycles. The Bertz CT molecular complexity index is 1030. The number of carbonyl (C=O) groups excluding carboxylic acids is 1. The van der Waals surface area contributed by atoms with Gasteiger partial charge < -0.3 is 14.8 Å². The number of morpholine rings is 1. The van der Waals surface area contributed by atoms with Gasteiger partial charge in [-0.15, -0.1) is 0 Å². The molecule has 7 nitrogen and oxygen atoms in total. The van der Waals surface area contributed by atoms with Crippen molar-refractivity contribution in [3.63, 3.8) is 0 Å². The van der Waals surface area contributed by atoms with Crippen molar-refractivity contribution >= 4 is 5.91 Å². The maximum atomic E-state index is 13.3. The number of carbonyl (C=O) groups is 1. The van der Waals surface area contributed by atoms with E-state index in [2.05, 4.69) is 15.3 Å². The van der Waals surface area contributed by atoms with Crippen LogP contribution in [0.2, 0.25) is 0 Å². The van der Waals surface area contributed by atoms with Crippen LogP contribution in [0.3, 0.4) is 0 Å². The zero-order valence-corrected chi connectivity index (χ0v) is 17.5. The first-order chi connectivity index (χ1) is 15.6. The van der Waals surface area contributed by atoms with Gasteiger partial charge in [-0.25, -0.2) is 13.5 Å². The van der Waals surface area contributed by atoms with Crippen molar-refractivity contribution in [2.45, 2.75) is 6.61 Å². The van der Waals surface area contributed by atoms with Gasteiger partial charge in [-0.3, -0.25) is 9.69 Å². The van der Waals surface area contributed by atoms with Crippen LogP contribution < -0.4 is 10.1 Å². The Balaban J connectivity index is 1.47. The third-order valence-electron chi connectivity index (χ3n) is 5.11. The molecule has 2 aromatic carbocycles. The van der Waals surface area contributed by atoms with Crippen molar-refractivity contribution in [2.24, 2.45) is 0 Å². The molecular formula is C23H24F2N4O3. The lowest BCUT2D eigenvalue weighted by Crippen LogP contribution is -2.41. The number of nitrogens with zero attached hydrogens (tertiary/aromatic N) is 3. The first kappa shape index (κ1) is 21.9. The number of nitrogens with one attached hydrogen (secondary N) is 1. The van der Waals surface area contributed by atoms with Crippen LogP contribution in [0.5, 0.6) is 5.75 Å². The molecular weight excluding hydrogens is 418 g/mol. The Kier molecular flexibility index (Phi) is 7.08. The number of amides is 1. The minimum atomic E-state index is -0.367. The molecule has 1 N–H and O–H groups in total. The molecule has 4 rings (SSSR count). The molecule has 9 heteroatoms. The lowest BCUT2D eigenvalue weighted by Gasteiger charge is -2.26. The zero-order valence-electron chi connectivity index (χ0n) is 17.5. The highest BCUT2D eigenvalue weighted by Gasteiger charge is 2.20. The van der Waals surface area contributed by atoms with Crippen LogP contribution in [0.4, 0.5) is 8.78 Å². The number of hydrogen-bond acceptors (Lipinski definition) is 5. The van der Waals surface area contributed by atoms with E-state index in [1.54, 1.807) is 30.5 Å². The van der Waals surface area contributed by atoms with Crippen molar-refractivity contribution < 1.29 is 23.0 Å². The molecule has 2 heterocycles. The number of hydrogen-bond donors (Lipinski definition) is 1. The summed E-state index contributed by atoms with van der Waals surface area (Å²) in [6, 6.07) is 11.7. The van der Waals surface area contributed by atoms with E-state index in [1.807, 2.05) is 0 Å². The maximum absolute atomic E-state index is 13.3. The van der Waals surface area contributed by atoms with Gasteiger partial charge in [0.15, 0.2) is 11.4 Å². The minimum Gasteiger partial charge on any atom is -0.485 e. The summed E-state index contributed by atoms with van der Waals surface area (Å²) < 4.78 is 39.1. The predicted molar refractivity (Wildman–Crippen MR) is 114 cm³/mol. The van der Waals surface area contributed by atoms with Gasteiger partial charge >= 0.3 is 0 Å². The first-order valence-electron chi connectivity index (χ1n) is 10.4. The zero-order chi connectivity index (χ0) is 22.3. The summed E-state index contributed by atoms with van der Waals surface area (Å²) in [4.78, 5) is 15.1. The molecule has 0 unspecified atom stereocenters. The minimum absolute atomic E-state index is 0.124. The molecule has 1 saturated heterocycles. The summed E-state index contributed by atoms with van der Waals surface area (Å²) in [5, 5.41) is 7.24. The van der Waals surface area contributed by atoms with Crippen LogP contribution in [-0.2, 0) is 11.3 Å². The van der Waals surface area contributed by atoms with Gasteiger partial charge in [-0.05, 0) is 42.0 Å². The number of ether oxygens (including phenoxy) is 2. The SMILES string of the molecule is O=C(NCCN1CCOCC1)c1nn(-c2ccc(F)cc2)cc1OCc1ccc(F)cc1. The summed E-state index contributed by atoms with van der Waals surface area (Å²) in [5.74, 6) is -0.788. The Morgan fingerprint density at radius 1 is 1.03 bits per heavy atom. The van der Waals surface area contributed by atoms with E-state index in [1.165, 1.54) is 28.9 Å². The second-order valence-corrected chi connectivity index (χ2v) is 7.39. The largest absolute Gasteiger partial charge is 0.485 e. The Morgan fingerprint density at radius 3 is 2.38 bits per heavy atom. The van der Waals surface area contributed by atoms with Gasteiger partial charge in [0.1, 0.15) is 18.2 Å². The summed E-state index contributed by atoms with van der Waals surface area (Å²) in [5.41, 5.74) is 1.46. The highest BCUT2D eigenvalue weighted by Crippen LogP contribution is 2.21. The second-order valence-electron chi connectivity index (χ2n) is 7.39. The number of halogens is 2. The van der Waals surface area contributed by atoms with Crippen molar-refractivity contribution in [1.29, 1.82) is 0 Å². The van der Waals surface area contributed by atoms with Gasteiger partial charge in [0, 0.05) is 26.2 Å². The third kappa shape index (κ3) is 5.68. The van der Waals surface area contributed by atoms with Crippen LogP contribution in [0.15, 0.2) is 54.7 Å². The summed E-state index contributed by atoms with van der Waals surface area (Å²) in [6.07, 6.45) is 1.58. The third-order valence-corrected chi connectivity index (χ3v) is 5.11. The molecule has 0 aliphatic carbocycles. The number of rotatable bonds is 8. The molecule has 0 spiro atoms. The average molecular weight is 442 g/mol. The van der Waals surface area contributed by atoms with Crippen LogP contribution in [0.1, 0.15) is 16.1 Å². The second kappa shape index (κ2) is 10.3. The van der Waals surface area contributed by atoms with E-state index in [-0.39, 0.29) is 35.6 Å². The van der Waals surface area contributed by atoms with Crippen molar-refractivity contribution in [3.05, 3.63) is 77.6 Å². The average Bonchev–Trinajstić information content (AvgIpc) is 3.24. The first-order valence-corrected chi connectivity index (χ1v) is 10.4. The normalized spacial score (nSPS) is 14.3. The Labute approximate surface area is 184 Å². The molecule has 32 heavy (non-hydrogen) atoms. The van der Waals surface area contributed by atoms with E-state index in [0.717, 1.165) is 18.7 Å². The number of aromatic nitrogens is 2. The van der Waals surface area contributed by atoms with Gasteiger partial charge in [0.25, 0.3) is 5.91 Å². The van der Waals surface area contributed by atoms with Crippen molar-refractivity contribution in [1.82, 2.24) is 20.0 Å². The summed E-state index contributed by atoms with van der Waals surface area (Å²) in [7, 11) is 0. The molecule has 0 bridgehead atoms. The lowest BCUT2D eigenvalue weighted by molar-refractivity contribution is 0.0383. The Hall–Kier alpha value is -3.30. The van der Waals surface area contributed by atoms with Gasteiger partial charge in [-0.1, -0.05) is 12.1 Å². The summed E-state index contributed by atoms with van der Waals surface area (Å²) >= 11 is 0. The van der Waals surface area contributed by atoms with E-state index >= 15 is 0 Å². The maximum Gasteiger partial charge on any atom is 0.275 e. The standard InChI is InChI=1S/C23H24F2N4O3/c24-18-3-1-17(2-4-18)16-32-21-15-29(20-7-5-19(25)6-8-20)27-22(21)23(30)26-9-10-28-11-13-31-14-12-28/h1-8,15H,9-14,16H2,(H,26,30). The van der Waals surface area contributed by atoms with Crippen LogP contribution in [0, 0.1) is 11.6 Å². The van der Waals surface area contributed by atoms with Gasteiger partial charge in [0.05, 0.1) is 25.1 Å². The molecule has 1 fully saturated rings. The molecule has 1 aliphatic rings. The molecule has 1 amide bonds. The highest BCUT2D eigenvalue weighted by molar-refractivity contribution is 5.94. The van der Waals surface area contributed by atoms with Crippen LogP contribution >= 0.6 is 0 Å². The van der Waals surface area contributed by atoms with Gasteiger partial charge in [0.2, 0.25) is 0 Å². The lowest BCUT2D eigenvalue weighted by atomic mass is 10.2. The van der Waals surface area contributed by atoms with Gasteiger partial charge in [-0.2, -0.15) is 5.10 Å². The van der Waals surface area contributed by atoms with Crippen molar-refractivity contribution in [2.75, 3.05) is 39.4 Å². The number of benzene rings is 2. The van der Waals surface area contributed by atoms with E-state index < -0.39 is 0 Å². The topological polar surface area (TPSA) is 68.6 Å². The molecule has 0 radical (unpaired) electrons. The molecule has 0 atom stereocenters. The molecule has 168 valence electrons. The predicted octanol–water partition coefficient (Wildman–Crippen LogP) is 2.79. The van der Waals surface area contributed by atoms with E-state index in [4.69, 9.17) is 9.47 Å². The van der Waals surface area contributed by atoms with Crippen molar-refractivity contribution in [3.8, 4) is 11.4 Å². The fourth-order valence-corrected chi connectivity index (χ4v) is 3.32. The van der Waals surface area contributed by atoms with E-state index in [9.17, 15) is 13.6 Å². The quantitative estimate of drug-likeness (QED) is 0.581. The smallest absolute Gasteiger partial charge is 0.275 e. The Morgan fingerprint density at radius 2 is 1.69 bits per heavy atom. The fraction of sp³-hybridized carbons (Fsp3) is 0.304. The molecule has 1 aromatic heterocycles. The molecule has 3 aromatic rings. The fourth-order valence-electron chi connectivity index (χ4n) is 3.32.